The number of fused-ring (bicyclic) bond motifs is 1. The number of carbonyl (C=O) groups excluding carboxylic acids is 1. The van der Waals surface area contributed by atoms with Crippen LogP contribution in [-0.2, 0) is 11.3 Å². The first-order valence-electron chi connectivity index (χ1n) is 9.32. The molecule has 0 aliphatic rings. The molecule has 0 saturated carbocycles. The molecule has 146 valence electrons. The zero-order valence-electron chi connectivity index (χ0n) is 15.9. The number of benzene rings is 3. The lowest BCUT2D eigenvalue weighted by molar-refractivity contribution is 0.0528. The highest BCUT2D eigenvalue weighted by molar-refractivity contribution is 6.09. The Labute approximate surface area is 167 Å². The molecule has 3 aromatic carbocycles. The fourth-order valence-electron chi connectivity index (χ4n) is 3.11. The van der Waals surface area contributed by atoms with Gasteiger partial charge in [-0.2, -0.15) is 0 Å². The minimum atomic E-state index is -0.444. The predicted molar refractivity (Wildman–Crippen MR) is 108 cm³/mol. The average Bonchev–Trinajstić information content (AvgIpc) is 3.13. The first-order valence-corrected chi connectivity index (χ1v) is 9.32. The van der Waals surface area contributed by atoms with Crippen molar-refractivity contribution in [3.05, 3.63) is 89.7 Å². The van der Waals surface area contributed by atoms with E-state index in [1.54, 1.807) is 37.3 Å². The van der Waals surface area contributed by atoms with Crippen LogP contribution in [0.15, 0.2) is 77.2 Å². The van der Waals surface area contributed by atoms with E-state index in [0.717, 1.165) is 11.1 Å². The molecule has 0 atom stereocenters. The number of halogens is 1. The summed E-state index contributed by atoms with van der Waals surface area (Å²) in [6, 6.07) is 20.9. The number of furan rings is 1. The molecule has 0 amide bonds. The Kier molecular flexibility index (Phi) is 5.29. The third-order valence-electron chi connectivity index (χ3n) is 4.49. The van der Waals surface area contributed by atoms with E-state index < -0.39 is 5.97 Å². The maximum absolute atomic E-state index is 13.1. The van der Waals surface area contributed by atoms with Gasteiger partial charge in [0.1, 0.15) is 35.1 Å². The van der Waals surface area contributed by atoms with Crippen LogP contribution in [0.5, 0.6) is 5.75 Å². The smallest absolute Gasteiger partial charge is 0.342 e. The van der Waals surface area contributed by atoms with Crippen molar-refractivity contribution in [1.29, 1.82) is 0 Å². The van der Waals surface area contributed by atoms with Crippen molar-refractivity contribution in [3.8, 4) is 17.1 Å². The van der Waals surface area contributed by atoms with Crippen molar-refractivity contribution in [2.24, 2.45) is 0 Å². The lowest BCUT2D eigenvalue weighted by atomic mass is 10.1. The molecule has 0 radical (unpaired) electrons. The highest BCUT2D eigenvalue weighted by Gasteiger charge is 2.23. The maximum atomic E-state index is 13.1. The molecule has 0 bridgehead atoms. The second-order valence-corrected chi connectivity index (χ2v) is 6.47. The molecular weight excluding hydrogens is 371 g/mol. The molecule has 0 N–H and O–H groups in total. The number of hydrogen-bond acceptors (Lipinski definition) is 4. The van der Waals surface area contributed by atoms with E-state index in [4.69, 9.17) is 13.9 Å². The summed E-state index contributed by atoms with van der Waals surface area (Å²) >= 11 is 0. The van der Waals surface area contributed by atoms with Gasteiger partial charge in [-0.05, 0) is 42.8 Å². The Balaban J connectivity index is 1.71. The fraction of sp³-hybridized carbons (Fsp3) is 0.125. The largest absolute Gasteiger partial charge is 0.489 e. The van der Waals surface area contributed by atoms with E-state index in [1.165, 1.54) is 12.1 Å². The molecular formula is C24H19FO4. The van der Waals surface area contributed by atoms with Gasteiger partial charge in [0.25, 0.3) is 0 Å². The minimum Gasteiger partial charge on any atom is -0.489 e. The average molecular weight is 390 g/mol. The summed E-state index contributed by atoms with van der Waals surface area (Å²) < 4.78 is 30.1. The topological polar surface area (TPSA) is 48.7 Å². The summed E-state index contributed by atoms with van der Waals surface area (Å²) in [5, 5.41) is 0.624. The number of hydrogen-bond donors (Lipinski definition) is 0. The summed E-state index contributed by atoms with van der Waals surface area (Å²) in [5.41, 5.74) is 2.58. The number of rotatable bonds is 6. The van der Waals surface area contributed by atoms with Gasteiger partial charge in [-0.15, -0.1) is 0 Å². The molecule has 0 unspecified atom stereocenters. The lowest BCUT2D eigenvalue weighted by Crippen LogP contribution is -2.05. The van der Waals surface area contributed by atoms with Crippen molar-refractivity contribution < 1.29 is 23.1 Å². The van der Waals surface area contributed by atoms with Crippen LogP contribution in [0.1, 0.15) is 22.8 Å². The van der Waals surface area contributed by atoms with Gasteiger partial charge in [-0.3, -0.25) is 0 Å². The molecule has 4 rings (SSSR count). The Morgan fingerprint density at radius 1 is 1.00 bits per heavy atom. The fourth-order valence-corrected chi connectivity index (χ4v) is 3.11. The molecule has 5 heteroatoms. The maximum Gasteiger partial charge on any atom is 0.342 e. The Morgan fingerprint density at radius 3 is 2.48 bits per heavy atom. The van der Waals surface area contributed by atoms with E-state index in [-0.39, 0.29) is 19.0 Å². The zero-order chi connectivity index (χ0) is 20.2. The van der Waals surface area contributed by atoms with Gasteiger partial charge in [0.2, 0.25) is 0 Å². The molecule has 1 aromatic heterocycles. The highest BCUT2D eigenvalue weighted by Crippen LogP contribution is 2.36. The number of carbonyl (C=O) groups is 1. The van der Waals surface area contributed by atoms with Crippen molar-refractivity contribution in [2.45, 2.75) is 13.5 Å². The normalized spacial score (nSPS) is 10.8. The van der Waals surface area contributed by atoms with E-state index >= 15 is 0 Å². The van der Waals surface area contributed by atoms with Crippen LogP contribution in [0.25, 0.3) is 22.3 Å². The van der Waals surface area contributed by atoms with Crippen LogP contribution in [0.3, 0.4) is 0 Å². The summed E-state index contributed by atoms with van der Waals surface area (Å²) in [7, 11) is 0. The molecule has 0 saturated heterocycles. The summed E-state index contributed by atoms with van der Waals surface area (Å²) in [5.74, 6) is 0.310. The molecule has 1 heterocycles. The third kappa shape index (κ3) is 3.99. The van der Waals surface area contributed by atoms with Crippen molar-refractivity contribution in [1.82, 2.24) is 0 Å². The summed E-state index contributed by atoms with van der Waals surface area (Å²) in [4.78, 5) is 12.7. The zero-order valence-corrected chi connectivity index (χ0v) is 15.9. The van der Waals surface area contributed by atoms with Gasteiger partial charge in [-0.25, -0.2) is 9.18 Å². The first-order chi connectivity index (χ1) is 14.2. The van der Waals surface area contributed by atoms with E-state index in [9.17, 15) is 9.18 Å². The SMILES string of the molecule is CCOC(=O)c1c(-c2ccccc2)oc2ccc(OCc3ccc(F)cc3)cc12. The van der Waals surface area contributed by atoms with Gasteiger partial charge in [-0.1, -0.05) is 42.5 Å². The monoisotopic (exact) mass is 390 g/mol. The summed E-state index contributed by atoms with van der Waals surface area (Å²) in [6.45, 7) is 2.31. The molecule has 0 spiro atoms. The minimum absolute atomic E-state index is 0.264. The Bertz CT molecular complexity index is 1130. The molecule has 0 aliphatic heterocycles. The van der Waals surface area contributed by atoms with Gasteiger partial charge < -0.3 is 13.9 Å². The molecule has 4 nitrogen and oxygen atoms in total. The van der Waals surface area contributed by atoms with Crippen LogP contribution in [0.2, 0.25) is 0 Å². The standard InChI is InChI=1S/C24H19FO4/c1-2-27-24(26)22-20-14-19(28-15-16-8-10-18(25)11-9-16)12-13-21(20)29-23(22)17-6-4-3-5-7-17/h3-14H,2,15H2,1H3. The first kappa shape index (κ1) is 18.7. The highest BCUT2D eigenvalue weighted by atomic mass is 19.1. The van der Waals surface area contributed by atoms with Crippen LogP contribution >= 0.6 is 0 Å². The quantitative estimate of drug-likeness (QED) is 0.379. The van der Waals surface area contributed by atoms with Crippen LogP contribution in [0, 0.1) is 5.82 Å². The lowest BCUT2D eigenvalue weighted by Gasteiger charge is -2.07. The van der Waals surface area contributed by atoms with Gasteiger partial charge >= 0.3 is 5.97 Å². The second-order valence-electron chi connectivity index (χ2n) is 6.47. The van der Waals surface area contributed by atoms with Crippen LogP contribution in [0.4, 0.5) is 4.39 Å². The van der Waals surface area contributed by atoms with E-state index in [1.807, 2.05) is 30.3 Å². The van der Waals surface area contributed by atoms with Crippen LogP contribution in [-0.4, -0.2) is 12.6 Å². The second kappa shape index (κ2) is 8.19. The van der Waals surface area contributed by atoms with Crippen LogP contribution < -0.4 is 4.74 Å². The van der Waals surface area contributed by atoms with Crippen molar-refractivity contribution in [3.63, 3.8) is 0 Å². The van der Waals surface area contributed by atoms with Crippen molar-refractivity contribution in [2.75, 3.05) is 6.61 Å². The predicted octanol–water partition coefficient (Wildman–Crippen LogP) is 5.99. The molecule has 29 heavy (non-hydrogen) atoms. The number of esters is 1. The Hall–Kier alpha value is -3.60. The molecule has 0 fully saturated rings. The molecule has 0 aliphatic carbocycles. The number of ether oxygens (including phenoxy) is 2. The third-order valence-corrected chi connectivity index (χ3v) is 4.49. The summed E-state index contributed by atoms with van der Waals surface area (Å²) in [6.07, 6.45) is 0. The van der Waals surface area contributed by atoms with Gasteiger partial charge in [0, 0.05) is 10.9 Å². The molecule has 4 aromatic rings. The Morgan fingerprint density at radius 2 is 1.76 bits per heavy atom. The van der Waals surface area contributed by atoms with Gasteiger partial charge in [0.15, 0.2) is 0 Å². The van der Waals surface area contributed by atoms with E-state index in [0.29, 0.717) is 28.0 Å². The van der Waals surface area contributed by atoms with E-state index in [2.05, 4.69) is 0 Å². The van der Waals surface area contributed by atoms with Gasteiger partial charge in [0.05, 0.1) is 6.61 Å². The van der Waals surface area contributed by atoms with Crippen molar-refractivity contribution >= 4 is 16.9 Å².